The zero-order valence-corrected chi connectivity index (χ0v) is 11.5. The van der Waals surface area contributed by atoms with Crippen LogP contribution in [0.15, 0.2) is 42.7 Å². The molecule has 3 rings (SSSR count). The highest BCUT2D eigenvalue weighted by Gasteiger charge is 2.10. The Morgan fingerprint density at radius 1 is 1.15 bits per heavy atom. The molecule has 7 heteroatoms. The maximum absolute atomic E-state index is 10.6. The van der Waals surface area contributed by atoms with Crippen molar-refractivity contribution in [3.05, 3.63) is 62.9 Å². The Morgan fingerprint density at radius 2 is 1.85 bits per heavy atom. The molecule has 5 nitrogen and oxygen atoms in total. The van der Waals surface area contributed by atoms with E-state index in [0.717, 1.165) is 5.56 Å². The summed E-state index contributed by atoms with van der Waals surface area (Å²) in [5, 5.41) is 11.6. The Kier molecular flexibility index (Phi) is 3.08. The van der Waals surface area contributed by atoms with Gasteiger partial charge in [-0.3, -0.25) is 10.1 Å². The third-order valence-electron chi connectivity index (χ3n) is 2.85. The van der Waals surface area contributed by atoms with Crippen LogP contribution in [0.3, 0.4) is 0 Å². The third kappa shape index (κ3) is 2.21. The second-order valence-corrected chi connectivity index (χ2v) is 5.01. The number of nitro groups is 1. The van der Waals surface area contributed by atoms with Crippen molar-refractivity contribution in [2.24, 2.45) is 0 Å². The average Bonchev–Trinajstić information content (AvgIpc) is 2.83. The number of aromatic nitrogens is 2. The Balaban J connectivity index is 2.10. The highest BCUT2D eigenvalue weighted by atomic mass is 35.5. The van der Waals surface area contributed by atoms with Crippen LogP contribution in [0.1, 0.15) is 0 Å². The van der Waals surface area contributed by atoms with E-state index in [0.29, 0.717) is 21.4 Å². The van der Waals surface area contributed by atoms with Crippen LogP contribution in [-0.4, -0.2) is 14.3 Å². The molecule has 100 valence electrons. The van der Waals surface area contributed by atoms with Crippen molar-refractivity contribution in [2.45, 2.75) is 0 Å². The number of non-ortho nitro benzene ring substituents is 1. The van der Waals surface area contributed by atoms with Gasteiger partial charge in [-0.25, -0.2) is 4.98 Å². The van der Waals surface area contributed by atoms with Gasteiger partial charge in [0.1, 0.15) is 0 Å². The molecule has 0 radical (unpaired) electrons. The zero-order valence-electron chi connectivity index (χ0n) is 9.96. The Labute approximate surface area is 123 Å². The molecule has 2 aromatic heterocycles. The summed E-state index contributed by atoms with van der Waals surface area (Å²) in [4.78, 5) is 14.6. The van der Waals surface area contributed by atoms with Gasteiger partial charge in [-0.1, -0.05) is 23.2 Å². The van der Waals surface area contributed by atoms with Crippen LogP contribution in [0.5, 0.6) is 0 Å². The van der Waals surface area contributed by atoms with E-state index in [1.165, 1.54) is 12.1 Å². The van der Waals surface area contributed by atoms with Gasteiger partial charge in [-0.15, -0.1) is 0 Å². The van der Waals surface area contributed by atoms with Gasteiger partial charge in [-0.2, -0.15) is 0 Å². The van der Waals surface area contributed by atoms with E-state index < -0.39 is 4.92 Å². The number of imidazole rings is 1. The normalized spacial score (nSPS) is 10.9. The van der Waals surface area contributed by atoms with Gasteiger partial charge < -0.3 is 4.40 Å². The topological polar surface area (TPSA) is 60.4 Å². The molecule has 0 bridgehead atoms. The van der Waals surface area contributed by atoms with E-state index in [-0.39, 0.29) is 5.69 Å². The first-order valence-corrected chi connectivity index (χ1v) is 6.39. The molecule has 0 saturated carbocycles. The molecule has 3 aromatic rings. The van der Waals surface area contributed by atoms with Crippen molar-refractivity contribution in [1.29, 1.82) is 0 Å². The number of rotatable bonds is 2. The fourth-order valence-electron chi connectivity index (χ4n) is 1.92. The largest absolute Gasteiger partial charge is 0.304 e. The molecule has 20 heavy (non-hydrogen) atoms. The van der Waals surface area contributed by atoms with Crippen LogP contribution in [0.25, 0.3) is 16.9 Å². The van der Waals surface area contributed by atoms with Gasteiger partial charge in [0, 0.05) is 30.1 Å². The SMILES string of the molecule is O=[N+]([O-])c1ccc(-c2cn3cc(Cl)cc(Cl)c3n2)cc1. The zero-order chi connectivity index (χ0) is 14.3. The molecule has 0 unspecified atom stereocenters. The van der Waals surface area contributed by atoms with Crippen LogP contribution in [-0.2, 0) is 0 Å². The number of hydrogen-bond donors (Lipinski definition) is 0. The van der Waals surface area contributed by atoms with Crippen molar-refractivity contribution in [2.75, 3.05) is 0 Å². The minimum atomic E-state index is -0.440. The summed E-state index contributed by atoms with van der Waals surface area (Å²) in [7, 11) is 0. The summed E-state index contributed by atoms with van der Waals surface area (Å²) < 4.78 is 1.72. The monoisotopic (exact) mass is 307 g/mol. The summed E-state index contributed by atoms with van der Waals surface area (Å²) in [5.74, 6) is 0. The number of pyridine rings is 1. The molecule has 0 aliphatic heterocycles. The van der Waals surface area contributed by atoms with Gasteiger partial charge in [0.2, 0.25) is 0 Å². The molecular formula is C13H7Cl2N3O2. The van der Waals surface area contributed by atoms with Crippen LogP contribution < -0.4 is 0 Å². The summed E-state index contributed by atoms with van der Waals surface area (Å²) in [6.45, 7) is 0. The summed E-state index contributed by atoms with van der Waals surface area (Å²) >= 11 is 12.0. The summed E-state index contributed by atoms with van der Waals surface area (Å²) in [6.07, 6.45) is 3.47. The lowest BCUT2D eigenvalue weighted by Crippen LogP contribution is -1.87. The molecule has 0 amide bonds. The number of nitro benzene ring substituents is 1. The Hall–Kier alpha value is -2.11. The van der Waals surface area contributed by atoms with Crippen molar-refractivity contribution in [1.82, 2.24) is 9.38 Å². The molecule has 0 aliphatic carbocycles. The molecule has 0 atom stereocenters. The molecular weight excluding hydrogens is 301 g/mol. The van der Waals surface area contributed by atoms with Gasteiger partial charge in [0.15, 0.2) is 5.65 Å². The maximum Gasteiger partial charge on any atom is 0.269 e. The van der Waals surface area contributed by atoms with E-state index in [9.17, 15) is 10.1 Å². The van der Waals surface area contributed by atoms with Gasteiger partial charge in [0.25, 0.3) is 5.69 Å². The average molecular weight is 308 g/mol. The first kappa shape index (κ1) is 12.9. The van der Waals surface area contributed by atoms with Gasteiger partial charge in [-0.05, 0) is 18.2 Å². The lowest BCUT2D eigenvalue weighted by atomic mass is 10.1. The maximum atomic E-state index is 10.6. The predicted molar refractivity (Wildman–Crippen MR) is 77.3 cm³/mol. The summed E-state index contributed by atoms with van der Waals surface area (Å²) in [6, 6.07) is 7.79. The number of halogens is 2. The van der Waals surface area contributed by atoms with Crippen LogP contribution in [0.4, 0.5) is 5.69 Å². The molecule has 2 heterocycles. The fraction of sp³-hybridized carbons (Fsp3) is 0. The van der Waals surface area contributed by atoms with E-state index in [1.807, 2.05) is 0 Å². The molecule has 0 fully saturated rings. The van der Waals surface area contributed by atoms with Crippen molar-refractivity contribution < 1.29 is 4.92 Å². The molecule has 0 aliphatic rings. The van der Waals surface area contributed by atoms with E-state index in [4.69, 9.17) is 23.2 Å². The van der Waals surface area contributed by atoms with Crippen molar-refractivity contribution >= 4 is 34.5 Å². The molecule has 0 N–H and O–H groups in total. The second-order valence-electron chi connectivity index (χ2n) is 4.17. The lowest BCUT2D eigenvalue weighted by molar-refractivity contribution is -0.384. The first-order chi connectivity index (χ1) is 9.54. The fourth-order valence-corrected chi connectivity index (χ4v) is 2.44. The highest BCUT2D eigenvalue weighted by Crippen LogP contribution is 2.26. The predicted octanol–water partition coefficient (Wildman–Crippen LogP) is 4.22. The Bertz CT molecular complexity index is 812. The number of hydrogen-bond acceptors (Lipinski definition) is 3. The van der Waals surface area contributed by atoms with Crippen molar-refractivity contribution in [3.63, 3.8) is 0 Å². The van der Waals surface area contributed by atoms with E-state index in [2.05, 4.69) is 4.98 Å². The third-order valence-corrected chi connectivity index (χ3v) is 3.33. The number of benzene rings is 1. The van der Waals surface area contributed by atoms with Crippen LogP contribution in [0.2, 0.25) is 10.0 Å². The highest BCUT2D eigenvalue weighted by molar-refractivity contribution is 6.36. The molecule has 1 aromatic carbocycles. The first-order valence-electron chi connectivity index (χ1n) is 5.63. The van der Waals surface area contributed by atoms with E-state index >= 15 is 0 Å². The van der Waals surface area contributed by atoms with Gasteiger partial charge >= 0.3 is 0 Å². The minimum absolute atomic E-state index is 0.0404. The number of fused-ring (bicyclic) bond motifs is 1. The molecule has 0 spiro atoms. The van der Waals surface area contributed by atoms with Crippen molar-refractivity contribution in [3.8, 4) is 11.3 Å². The van der Waals surface area contributed by atoms with Gasteiger partial charge in [0.05, 0.1) is 20.7 Å². The van der Waals surface area contributed by atoms with Crippen LogP contribution in [0, 0.1) is 10.1 Å². The smallest absolute Gasteiger partial charge is 0.269 e. The quantitative estimate of drug-likeness (QED) is 0.526. The second kappa shape index (κ2) is 4.77. The standard InChI is InChI=1S/C13H7Cl2N3O2/c14-9-5-11(15)13-16-12(7-17(13)6-9)8-1-3-10(4-2-8)18(19)20/h1-7H. The minimum Gasteiger partial charge on any atom is -0.304 e. The lowest BCUT2D eigenvalue weighted by Gasteiger charge is -1.95. The Morgan fingerprint density at radius 3 is 2.50 bits per heavy atom. The molecule has 0 saturated heterocycles. The van der Waals surface area contributed by atoms with Crippen LogP contribution >= 0.6 is 23.2 Å². The number of nitrogens with zero attached hydrogens (tertiary/aromatic N) is 3. The van der Waals surface area contributed by atoms with E-state index in [1.54, 1.807) is 35.0 Å². The summed E-state index contributed by atoms with van der Waals surface area (Å²) in [5.41, 5.74) is 2.07.